The number of nitro groups is 1. The molecular weight excluding hydrogens is 226 g/mol. The van der Waals surface area contributed by atoms with Crippen LogP contribution in [0.2, 0.25) is 0 Å². The molecule has 1 rings (SSSR count). The van der Waals surface area contributed by atoms with Gasteiger partial charge in [0.1, 0.15) is 5.75 Å². The molecule has 0 aliphatic carbocycles. The summed E-state index contributed by atoms with van der Waals surface area (Å²) in [6, 6.07) is 4.46. The Kier molecular flexibility index (Phi) is 4.03. The molecule has 17 heavy (non-hydrogen) atoms. The largest absolute Gasteiger partial charge is 0.478 e. The summed E-state index contributed by atoms with van der Waals surface area (Å²) in [5.41, 5.74) is 0.341. The third-order valence-corrected chi connectivity index (χ3v) is 2.29. The van der Waals surface area contributed by atoms with Crippen molar-refractivity contribution in [1.29, 1.82) is 0 Å². The van der Waals surface area contributed by atoms with Gasteiger partial charge < -0.3 is 9.47 Å². The zero-order chi connectivity index (χ0) is 13.0. The van der Waals surface area contributed by atoms with Gasteiger partial charge in [-0.2, -0.15) is 0 Å². The maximum Gasteiger partial charge on any atom is 0.346 e. The molecule has 0 fully saturated rings. The standard InChI is InChI=1S/C11H13NO5/c1-7-9(12(14)15)5-4-6-10(7)17-8(2)11(13)16-3/h4-6,8H,1-3H3/t8-/m0/s1. The van der Waals surface area contributed by atoms with E-state index in [4.69, 9.17) is 4.74 Å². The van der Waals surface area contributed by atoms with Gasteiger partial charge in [-0.05, 0) is 19.9 Å². The number of hydrogen-bond acceptors (Lipinski definition) is 5. The molecule has 6 nitrogen and oxygen atoms in total. The number of methoxy groups -OCH3 is 1. The van der Waals surface area contributed by atoms with E-state index in [2.05, 4.69) is 4.74 Å². The van der Waals surface area contributed by atoms with Gasteiger partial charge in [-0.15, -0.1) is 0 Å². The summed E-state index contributed by atoms with van der Waals surface area (Å²) in [6.45, 7) is 3.08. The molecule has 1 aromatic carbocycles. The molecule has 0 saturated carbocycles. The van der Waals surface area contributed by atoms with Gasteiger partial charge in [0.05, 0.1) is 17.6 Å². The van der Waals surface area contributed by atoms with Crippen molar-refractivity contribution in [2.45, 2.75) is 20.0 Å². The number of carbonyl (C=O) groups is 1. The zero-order valence-corrected chi connectivity index (χ0v) is 9.80. The second-order valence-corrected chi connectivity index (χ2v) is 3.44. The van der Waals surface area contributed by atoms with E-state index in [1.54, 1.807) is 13.0 Å². The summed E-state index contributed by atoms with van der Waals surface area (Å²) in [5, 5.41) is 10.7. The van der Waals surface area contributed by atoms with E-state index in [-0.39, 0.29) is 5.69 Å². The lowest BCUT2D eigenvalue weighted by Gasteiger charge is -2.13. The third-order valence-electron chi connectivity index (χ3n) is 2.29. The van der Waals surface area contributed by atoms with Crippen molar-refractivity contribution in [3.05, 3.63) is 33.9 Å². The average molecular weight is 239 g/mol. The fourth-order valence-corrected chi connectivity index (χ4v) is 1.33. The SMILES string of the molecule is COC(=O)[C@H](C)Oc1cccc([N+](=O)[O-])c1C. The normalized spacial score (nSPS) is 11.7. The molecule has 92 valence electrons. The van der Waals surface area contributed by atoms with Crippen LogP contribution in [0.15, 0.2) is 18.2 Å². The summed E-state index contributed by atoms with van der Waals surface area (Å²) >= 11 is 0. The molecule has 0 unspecified atom stereocenters. The number of ether oxygens (including phenoxy) is 2. The van der Waals surface area contributed by atoms with E-state index in [9.17, 15) is 14.9 Å². The van der Waals surface area contributed by atoms with Crippen molar-refractivity contribution in [3.63, 3.8) is 0 Å². The Morgan fingerprint density at radius 3 is 2.65 bits per heavy atom. The van der Waals surface area contributed by atoms with Crippen molar-refractivity contribution in [1.82, 2.24) is 0 Å². The fraction of sp³-hybridized carbons (Fsp3) is 0.364. The Morgan fingerprint density at radius 1 is 1.47 bits per heavy atom. The van der Waals surface area contributed by atoms with E-state index in [1.165, 1.54) is 26.2 Å². The minimum absolute atomic E-state index is 0.0421. The van der Waals surface area contributed by atoms with Gasteiger partial charge in [0.15, 0.2) is 6.10 Å². The van der Waals surface area contributed by atoms with Gasteiger partial charge in [-0.3, -0.25) is 10.1 Å². The van der Waals surface area contributed by atoms with Gasteiger partial charge in [0.25, 0.3) is 5.69 Å². The van der Waals surface area contributed by atoms with E-state index in [0.29, 0.717) is 11.3 Å². The Morgan fingerprint density at radius 2 is 2.12 bits per heavy atom. The van der Waals surface area contributed by atoms with Crippen LogP contribution in [0.4, 0.5) is 5.69 Å². The quantitative estimate of drug-likeness (QED) is 0.455. The van der Waals surface area contributed by atoms with Gasteiger partial charge in [-0.1, -0.05) is 6.07 Å². The van der Waals surface area contributed by atoms with E-state index in [1.807, 2.05) is 0 Å². The predicted octanol–water partition coefficient (Wildman–Crippen LogP) is 1.84. The molecule has 0 spiro atoms. The van der Waals surface area contributed by atoms with Crippen molar-refractivity contribution in [3.8, 4) is 5.75 Å². The van der Waals surface area contributed by atoms with Crippen molar-refractivity contribution in [2.24, 2.45) is 0 Å². The average Bonchev–Trinajstić information content (AvgIpc) is 2.30. The first-order chi connectivity index (χ1) is 7.97. The second-order valence-electron chi connectivity index (χ2n) is 3.44. The number of hydrogen-bond donors (Lipinski definition) is 0. The molecule has 1 aromatic rings. The van der Waals surface area contributed by atoms with Crippen LogP contribution in [-0.4, -0.2) is 24.1 Å². The lowest BCUT2D eigenvalue weighted by atomic mass is 10.2. The first-order valence-corrected chi connectivity index (χ1v) is 4.96. The first-order valence-electron chi connectivity index (χ1n) is 4.96. The molecule has 0 amide bonds. The molecule has 0 aliphatic heterocycles. The minimum atomic E-state index is -0.805. The van der Waals surface area contributed by atoms with E-state index >= 15 is 0 Å². The van der Waals surface area contributed by atoms with Crippen molar-refractivity contribution >= 4 is 11.7 Å². The number of benzene rings is 1. The molecule has 0 aromatic heterocycles. The molecule has 0 aliphatic rings. The summed E-state index contributed by atoms with van der Waals surface area (Å²) < 4.78 is 9.81. The number of carbonyl (C=O) groups excluding carboxylic acids is 1. The maximum absolute atomic E-state index is 11.2. The lowest BCUT2D eigenvalue weighted by Crippen LogP contribution is -2.25. The van der Waals surface area contributed by atoms with Gasteiger partial charge in [0.2, 0.25) is 0 Å². The summed E-state index contributed by atoms with van der Waals surface area (Å²) in [6.07, 6.45) is -0.805. The first kappa shape index (κ1) is 13.0. The van der Waals surface area contributed by atoms with Gasteiger partial charge in [-0.25, -0.2) is 4.79 Å². The summed E-state index contributed by atoms with van der Waals surface area (Å²) in [4.78, 5) is 21.4. The number of rotatable bonds is 4. The van der Waals surface area contributed by atoms with Crippen LogP contribution in [0.1, 0.15) is 12.5 Å². The van der Waals surface area contributed by atoms with Crippen LogP contribution in [0.5, 0.6) is 5.75 Å². The Bertz CT molecular complexity index is 443. The summed E-state index contributed by atoms with van der Waals surface area (Å²) in [5.74, 6) is -0.229. The minimum Gasteiger partial charge on any atom is -0.478 e. The predicted molar refractivity (Wildman–Crippen MR) is 59.9 cm³/mol. The maximum atomic E-state index is 11.2. The molecule has 1 atom stereocenters. The van der Waals surface area contributed by atoms with Crippen LogP contribution in [-0.2, 0) is 9.53 Å². The highest BCUT2D eigenvalue weighted by Gasteiger charge is 2.19. The van der Waals surface area contributed by atoms with Crippen molar-refractivity contribution < 1.29 is 19.2 Å². The van der Waals surface area contributed by atoms with Gasteiger partial charge >= 0.3 is 5.97 Å². The molecule has 0 bridgehead atoms. The molecular formula is C11H13NO5. The van der Waals surface area contributed by atoms with Gasteiger partial charge in [0, 0.05) is 6.07 Å². The third kappa shape index (κ3) is 2.93. The Labute approximate surface area is 98.3 Å². The van der Waals surface area contributed by atoms with Crippen LogP contribution < -0.4 is 4.74 Å². The monoisotopic (exact) mass is 239 g/mol. The topological polar surface area (TPSA) is 78.7 Å². The molecule has 0 heterocycles. The molecule has 0 saturated heterocycles. The van der Waals surface area contributed by atoms with E-state index < -0.39 is 17.0 Å². The highest BCUT2D eigenvalue weighted by atomic mass is 16.6. The van der Waals surface area contributed by atoms with Crippen LogP contribution in [0.3, 0.4) is 0 Å². The Hall–Kier alpha value is -2.11. The second kappa shape index (κ2) is 5.29. The summed E-state index contributed by atoms with van der Waals surface area (Å²) in [7, 11) is 1.25. The lowest BCUT2D eigenvalue weighted by molar-refractivity contribution is -0.385. The van der Waals surface area contributed by atoms with Crippen LogP contribution in [0.25, 0.3) is 0 Å². The Balaban J connectivity index is 2.96. The highest BCUT2D eigenvalue weighted by molar-refractivity contribution is 5.74. The fourth-order valence-electron chi connectivity index (χ4n) is 1.33. The number of nitrogens with zero attached hydrogens (tertiary/aromatic N) is 1. The van der Waals surface area contributed by atoms with Crippen molar-refractivity contribution in [2.75, 3.05) is 7.11 Å². The number of nitro benzene ring substituents is 1. The molecule has 0 radical (unpaired) electrons. The smallest absolute Gasteiger partial charge is 0.346 e. The zero-order valence-electron chi connectivity index (χ0n) is 9.80. The highest BCUT2D eigenvalue weighted by Crippen LogP contribution is 2.27. The van der Waals surface area contributed by atoms with E-state index in [0.717, 1.165) is 0 Å². The van der Waals surface area contributed by atoms with Crippen LogP contribution in [0, 0.1) is 17.0 Å². The molecule has 0 N–H and O–H groups in total. The number of esters is 1. The molecule has 6 heteroatoms. The van der Waals surface area contributed by atoms with Crippen LogP contribution >= 0.6 is 0 Å².